The summed E-state index contributed by atoms with van der Waals surface area (Å²) in [6.07, 6.45) is 0. The number of aromatic amines is 1. The van der Waals surface area contributed by atoms with Crippen LogP contribution in [0.15, 0.2) is 29.1 Å². The molecule has 0 aliphatic carbocycles. The van der Waals surface area contributed by atoms with Crippen LogP contribution in [0.25, 0.3) is 10.9 Å². The Kier molecular flexibility index (Phi) is 5.22. The first kappa shape index (κ1) is 19.0. The van der Waals surface area contributed by atoms with Gasteiger partial charge in [-0.3, -0.25) is 4.79 Å². The molecule has 0 radical (unpaired) electrons. The molecule has 3 rings (SSSR count). The van der Waals surface area contributed by atoms with E-state index in [9.17, 15) is 4.79 Å². The van der Waals surface area contributed by atoms with Gasteiger partial charge >= 0.3 is 0 Å². The van der Waals surface area contributed by atoms with Gasteiger partial charge in [-0.25, -0.2) is 4.98 Å². The Balaban J connectivity index is 2.24. The summed E-state index contributed by atoms with van der Waals surface area (Å²) in [7, 11) is 0. The summed E-state index contributed by atoms with van der Waals surface area (Å²) in [5.74, 6) is 1.22. The standard InChI is InChI=1S/C22H27N3O2/c1-7-25(8-2)18-12-19(26)24-20-17(18)11-16(6)23-22(20)27-21-14(4)9-13(3)10-15(21)5/h9-12H,7-8H2,1-6H3,(H,24,26). The number of ether oxygens (including phenoxy) is 1. The fourth-order valence-corrected chi connectivity index (χ4v) is 3.65. The van der Waals surface area contributed by atoms with Crippen molar-refractivity contribution in [2.24, 2.45) is 0 Å². The molecule has 1 N–H and O–H groups in total. The zero-order valence-corrected chi connectivity index (χ0v) is 16.9. The Hall–Kier alpha value is -2.82. The molecule has 0 saturated carbocycles. The molecule has 0 aliphatic rings. The molecule has 0 atom stereocenters. The number of H-pyrrole nitrogens is 1. The summed E-state index contributed by atoms with van der Waals surface area (Å²) in [5, 5.41) is 0.947. The maximum atomic E-state index is 12.3. The summed E-state index contributed by atoms with van der Waals surface area (Å²) in [6, 6.07) is 7.83. The van der Waals surface area contributed by atoms with Crippen molar-refractivity contribution in [2.75, 3.05) is 18.0 Å². The van der Waals surface area contributed by atoms with Crippen LogP contribution in [-0.4, -0.2) is 23.1 Å². The molecule has 2 heterocycles. The fraction of sp³-hybridized carbons (Fsp3) is 0.364. The van der Waals surface area contributed by atoms with Crippen molar-refractivity contribution in [2.45, 2.75) is 41.5 Å². The Bertz CT molecular complexity index is 1030. The molecule has 0 amide bonds. The Labute approximate surface area is 160 Å². The smallest absolute Gasteiger partial charge is 0.250 e. The van der Waals surface area contributed by atoms with E-state index in [4.69, 9.17) is 4.74 Å². The number of benzene rings is 1. The van der Waals surface area contributed by atoms with E-state index in [0.717, 1.165) is 46.7 Å². The number of nitrogens with zero attached hydrogens (tertiary/aromatic N) is 2. The number of anilines is 1. The van der Waals surface area contributed by atoms with Crippen molar-refractivity contribution in [3.63, 3.8) is 0 Å². The zero-order chi connectivity index (χ0) is 19.7. The van der Waals surface area contributed by atoms with E-state index in [2.05, 4.69) is 47.8 Å². The number of nitrogens with one attached hydrogen (secondary N) is 1. The predicted molar refractivity (Wildman–Crippen MR) is 111 cm³/mol. The van der Waals surface area contributed by atoms with E-state index in [1.165, 1.54) is 5.56 Å². The van der Waals surface area contributed by atoms with Gasteiger partial charge in [0.1, 0.15) is 11.3 Å². The first-order valence-corrected chi connectivity index (χ1v) is 9.39. The largest absolute Gasteiger partial charge is 0.436 e. The molecule has 0 bridgehead atoms. The van der Waals surface area contributed by atoms with E-state index in [0.29, 0.717) is 11.4 Å². The van der Waals surface area contributed by atoms with Crippen LogP contribution in [0.2, 0.25) is 0 Å². The molecule has 142 valence electrons. The lowest BCUT2D eigenvalue weighted by Crippen LogP contribution is -2.24. The number of aromatic nitrogens is 2. The van der Waals surface area contributed by atoms with E-state index < -0.39 is 0 Å². The van der Waals surface area contributed by atoms with Gasteiger partial charge in [-0.2, -0.15) is 0 Å². The summed E-state index contributed by atoms with van der Waals surface area (Å²) >= 11 is 0. The summed E-state index contributed by atoms with van der Waals surface area (Å²) in [4.78, 5) is 22.0. The quantitative estimate of drug-likeness (QED) is 0.706. The van der Waals surface area contributed by atoms with Crippen LogP contribution in [-0.2, 0) is 0 Å². The zero-order valence-electron chi connectivity index (χ0n) is 16.9. The Morgan fingerprint density at radius 1 is 1.00 bits per heavy atom. The lowest BCUT2D eigenvalue weighted by Gasteiger charge is -2.23. The number of pyridine rings is 2. The van der Waals surface area contributed by atoms with Crippen molar-refractivity contribution >= 4 is 16.6 Å². The van der Waals surface area contributed by atoms with Gasteiger partial charge in [0, 0.05) is 30.2 Å². The highest BCUT2D eigenvalue weighted by Crippen LogP contribution is 2.34. The normalized spacial score (nSPS) is 11.0. The summed E-state index contributed by atoms with van der Waals surface area (Å²) in [5.41, 5.74) is 5.52. The average Bonchev–Trinajstić information content (AvgIpc) is 2.59. The third-order valence-corrected chi connectivity index (χ3v) is 4.81. The number of hydrogen-bond donors (Lipinski definition) is 1. The van der Waals surface area contributed by atoms with Gasteiger partial charge in [0.15, 0.2) is 0 Å². The van der Waals surface area contributed by atoms with Crippen LogP contribution in [0.1, 0.15) is 36.2 Å². The molecule has 0 fully saturated rings. The lowest BCUT2D eigenvalue weighted by molar-refractivity contribution is 0.459. The SMILES string of the molecule is CCN(CC)c1cc(=O)[nH]c2c(Oc3c(C)cc(C)cc3C)nc(C)cc12. The van der Waals surface area contributed by atoms with Gasteiger partial charge in [-0.1, -0.05) is 17.7 Å². The third kappa shape index (κ3) is 3.68. The molecule has 1 aromatic carbocycles. The van der Waals surface area contributed by atoms with Crippen LogP contribution >= 0.6 is 0 Å². The molecule has 0 unspecified atom stereocenters. The second-order valence-electron chi connectivity index (χ2n) is 7.01. The topological polar surface area (TPSA) is 58.2 Å². The number of rotatable bonds is 5. The summed E-state index contributed by atoms with van der Waals surface area (Å²) in [6.45, 7) is 13.9. The average molecular weight is 365 g/mol. The van der Waals surface area contributed by atoms with Gasteiger partial charge < -0.3 is 14.6 Å². The molecule has 5 nitrogen and oxygen atoms in total. The maximum Gasteiger partial charge on any atom is 0.250 e. The molecule has 2 aromatic heterocycles. The molecular weight excluding hydrogens is 338 g/mol. The number of aryl methyl sites for hydroxylation is 4. The predicted octanol–water partition coefficient (Wildman–Crippen LogP) is 4.80. The maximum absolute atomic E-state index is 12.3. The van der Waals surface area contributed by atoms with Crippen LogP contribution in [0.3, 0.4) is 0 Å². The van der Waals surface area contributed by atoms with Crippen molar-refractivity contribution in [3.05, 3.63) is 57.0 Å². The van der Waals surface area contributed by atoms with Gasteiger partial charge in [0.2, 0.25) is 5.88 Å². The Morgan fingerprint density at radius 3 is 2.22 bits per heavy atom. The van der Waals surface area contributed by atoms with Crippen molar-refractivity contribution in [1.82, 2.24) is 9.97 Å². The number of hydrogen-bond acceptors (Lipinski definition) is 4. The first-order chi connectivity index (χ1) is 12.8. The molecule has 0 spiro atoms. The lowest BCUT2D eigenvalue weighted by atomic mass is 10.1. The fourth-order valence-electron chi connectivity index (χ4n) is 3.65. The van der Waals surface area contributed by atoms with Crippen LogP contribution in [0, 0.1) is 27.7 Å². The van der Waals surface area contributed by atoms with Gasteiger partial charge in [0.25, 0.3) is 5.56 Å². The minimum atomic E-state index is -0.155. The highest BCUT2D eigenvalue weighted by molar-refractivity contribution is 5.94. The number of fused-ring (bicyclic) bond motifs is 1. The highest BCUT2D eigenvalue weighted by atomic mass is 16.5. The van der Waals surface area contributed by atoms with E-state index in [1.54, 1.807) is 6.07 Å². The van der Waals surface area contributed by atoms with Crippen LogP contribution in [0.5, 0.6) is 11.6 Å². The van der Waals surface area contributed by atoms with Gasteiger partial charge in [-0.05, 0) is 58.7 Å². The molecule has 0 saturated heterocycles. The van der Waals surface area contributed by atoms with E-state index >= 15 is 0 Å². The van der Waals surface area contributed by atoms with Crippen molar-refractivity contribution in [1.29, 1.82) is 0 Å². The van der Waals surface area contributed by atoms with Gasteiger partial charge in [-0.15, -0.1) is 0 Å². The minimum Gasteiger partial charge on any atom is -0.436 e. The van der Waals surface area contributed by atoms with Crippen LogP contribution < -0.4 is 15.2 Å². The van der Waals surface area contributed by atoms with Crippen LogP contribution in [0.4, 0.5) is 5.69 Å². The minimum absolute atomic E-state index is 0.155. The molecule has 5 heteroatoms. The highest BCUT2D eigenvalue weighted by Gasteiger charge is 2.16. The van der Waals surface area contributed by atoms with E-state index in [1.807, 2.05) is 26.8 Å². The van der Waals surface area contributed by atoms with Crippen molar-refractivity contribution < 1.29 is 4.74 Å². The van der Waals surface area contributed by atoms with Gasteiger partial charge in [0.05, 0.1) is 5.69 Å². The second kappa shape index (κ2) is 7.43. The Morgan fingerprint density at radius 2 is 1.63 bits per heavy atom. The molecular formula is C22H27N3O2. The molecule has 0 aliphatic heterocycles. The summed E-state index contributed by atoms with van der Waals surface area (Å²) < 4.78 is 6.25. The molecule has 27 heavy (non-hydrogen) atoms. The van der Waals surface area contributed by atoms with E-state index in [-0.39, 0.29) is 5.56 Å². The second-order valence-corrected chi connectivity index (χ2v) is 7.01. The third-order valence-electron chi connectivity index (χ3n) is 4.81. The first-order valence-electron chi connectivity index (χ1n) is 9.39. The van der Waals surface area contributed by atoms with Crippen molar-refractivity contribution in [3.8, 4) is 11.6 Å². The monoisotopic (exact) mass is 365 g/mol. The molecule has 3 aromatic rings.